The van der Waals surface area contributed by atoms with E-state index < -0.39 is 18.6 Å². The van der Waals surface area contributed by atoms with Crippen molar-refractivity contribution in [3.8, 4) is 11.6 Å². The Hall–Kier alpha value is -1.61. The van der Waals surface area contributed by atoms with Crippen LogP contribution in [0.25, 0.3) is 0 Å². The molecule has 5 rings (SSSR count). The summed E-state index contributed by atoms with van der Waals surface area (Å²) < 4.78 is 24.0. The van der Waals surface area contributed by atoms with Gasteiger partial charge in [-0.25, -0.2) is 4.57 Å². The van der Waals surface area contributed by atoms with Gasteiger partial charge in [0, 0.05) is 28.3 Å². The monoisotopic (exact) mass is 554 g/mol. The molecule has 2 saturated carbocycles. The van der Waals surface area contributed by atoms with Crippen LogP contribution in [-0.2, 0) is 18.4 Å². The molecule has 0 amide bonds. The number of carbonyl (C=O) groups excluding carboxylic acids is 1. The zero-order chi connectivity index (χ0) is 27.1. The van der Waals surface area contributed by atoms with Gasteiger partial charge >= 0.3 is 7.60 Å². The minimum absolute atomic E-state index is 0.140. The molecule has 0 spiro atoms. The quantitative estimate of drug-likeness (QED) is 0.227. The first-order valence-corrected chi connectivity index (χ1v) is 16.7. The fraction of sp³-hybridized carbons (Fsp3) is 0.581. The molecule has 7 heteroatoms. The molecule has 0 unspecified atom stereocenters. The molecule has 0 aromatic heterocycles. The summed E-state index contributed by atoms with van der Waals surface area (Å²) in [5.74, 6) is 4.05. The molecule has 1 aromatic carbocycles. The average Bonchev–Trinajstić information content (AvgIpc) is 3.17. The van der Waals surface area contributed by atoms with E-state index >= 15 is 0 Å². The predicted molar refractivity (Wildman–Crippen MR) is 152 cm³/mol. The van der Waals surface area contributed by atoms with Crippen molar-refractivity contribution in [1.82, 2.24) is 0 Å². The van der Waals surface area contributed by atoms with Gasteiger partial charge in [0.1, 0.15) is 5.60 Å². The number of thioether (sulfide) groups is 1. The summed E-state index contributed by atoms with van der Waals surface area (Å²) in [7, 11) is -3.60. The summed E-state index contributed by atoms with van der Waals surface area (Å²) >= 11 is 1.73. The highest BCUT2D eigenvalue weighted by Crippen LogP contribution is 2.67. The van der Waals surface area contributed by atoms with Crippen molar-refractivity contribution < 1.29 is 23.5 Å². The van der Waals surface area contributed by atoms with Crippen LogP contribution in [0.2, 0.25) is 0 Å². The third-order valence-electron chi connectivity index (χ3n) is 9.40. The van der Waals surface area contributed by atoms with E-state index in [4.69, 9.17) is 9.05 Å². The van der Waals surface area contributed by atoms with E-state index in [1.165, 1.54) is 27.2 Å². The number of hydrogen-bond acceptors (Lipinski definition) is 6. The molecule has 38 heavy (non-hydrogen) atoms. The Morgan fingerprint density at radius 3 is 2.47 bits per heavy atom. The molecule has 0 saturated heterocycles. The fourth-order valence-corrected chi connectivity index (χ4v) is 9.22. The molecule has 4 aliphatic carbocycles. The topological polar surface area (TPSA) is 72.8 Å². The lowest BCUT2D eigenvalue weighted by Gasteiger charge is -2.53. The maximum Gasteiger partial charge on any atom is 0.405 e. The van der Waals surface area contributed by atoms with Crippen LogP contribution in [0.4, 0.5) is 0 Å². The van der Waals surface area contributed by atoms with Crippen molar-refractivity contribution in [1.29, 1.82) is 0 Å². The van der Waals surface area contributed by atoms with Crippen molar-refractivity contribution in [2.45, 2.75) is 82.1 Å². The minimum Gasteiger partial charge on any atom is -0.377 e. The molecule has 1 aromatic rings. The number of carbonyl (C=O) groups is 1. The van der Waals surface area contributed by atoms with Gasteiger partial charge in [0.05, 0.1) is 13.2 Å². The number of allylic oxidation sites excluding steroid dienone is 4. The van der Waals surface area contributed by atoms with Crippen LogP contribution in [0.15, 0.2) is 52.0 Å². The zero-order valence-electron chi connectivity index (χ0n) is 22.9. The Labute approximate surface area is 231 Å². The van der Waals surface area contributed by atoms with Crippen molar-refractivity contribution >= 4 is 25.1 Å². The van der Waals surface area contributed by atoms with E-state index in [0.717, 1.165) is 32.1 Å². The third kappa shape index (κ3) is 4.80. The number of aliphatic hydroxyl groups is 1. The number of rotatable bonds is 6. The summed E-state index contributed by atoms with van der Waals surface area (Å²) in [4.78, 5) is 13.5. The fourth-order valence-electron chi connectivity index (χ4n) is 7.61. The van der Waals surface area contributed by atoms with Crippen LogP contribution < -0.4 is 0 Å². The van der Waals surface area contributed by atoms with Crippen LogP contribution in [0, 0.1) is 28.8 Å². The van der Waals surface area contributed by atoms with Crippen LogP contribution >= 0.6 is 19.4 Å². The lowest BCUT2D eigenvalue weighted by molar-refractivity contribution is -0.114. The summed E-state index contributed by atoms with van der Waals surface area (Å²) in [5.41, 5.74) is 6.37. The van der Waals surface area contributed by atoms with Gasteiger partial charge < -0.3 is 5.11 Å². The number of fused-ring (bicyclic) bond motifs is 4. The summed E-state index contributed by atoms with van der Waals surface area (Å²) in [6.45, 7) is 6.18. The Balaban J connectivity index is 1.61. The van der Waals surface area contributed by atoms with Gasteiger partial charge in [0.15, 0.2) is 5.78 Å². The zero-order valence-corrected chi connectivity index (χ0v) is 24.6. The van der Waals surface area contributed by atoms with Crippen molar-refractivity contribution in [3.63, 3.8) is 0 Å². The SMILES string of the molecule is CCOP(=O)(C#C[C@]1(O)CC[C@H]2[C@@H]3CCC4=CC(=O)CCC4=C3[C@@H](c3ccc(SC)cc3)C[C@@]21C)OCC. The Morgan fingerprint density at radius 1 is 1.11 bits per heavy atom. The number of ketones is 1. The molecule has 0 aliphatic heterocycles. The van der Waals surface area contributed by atoms with E-state index in [1.54, 1.807) is 25.6 Å². The van der Waals surface area contributed by atoms with E-state index in [0.29, 0.717) is 18.8 Å². The molecule has 5 atom stereocenters. The first kappa shape index (κ1) is 27.9. The van der Waals surface area contributed by atoms with Crippen LogP contribution in [0.1, 0.15) is 77.2 Å². The molecule has 0 radical (unpaired) electrons. The standard InChI is InChI=1S/C31H39O5PS/c1-5-35-37(34,36-6-2)18-17-31(33)16-15-28-26-13-9-22-19-23(32)10-14-25(22)29(26)27(20-30(28,31)3)21-7-11-24(38-4)12-8-21/h7-8,11-12,19,26-28,33H,5-6,9-10,13-16,20H2,1-4H3/t26-,27+,28-,30-,31+/m0/s1. The normalized spacial score (nSPS) is 32.6. The molecule has 5 nitrogen and oxygen atoms in total. The van der Waals surface area contributed by atoms with E-state index in [2.05, 4.69) is 49.0 Å². The molecular weight excluding hydrogens is 515 g/mol. The van der Waals surface area contributed by atoms with Gasteiger partial charge in [-0.3, -0.25) is 13.8 Å². The Bertz CT molecular complexity index is 1260. The molecule has 204 valence electrons. The van der Waals surface area contributed by atoms with Gasteiger partial charge in [0.25, 0.3) is 0 Å². The lowest BCUT2D eigenvalue weighted by atomic mass is 9.51. The number of benzene rings is 1. The molecule has 2 fully saturated rings. The van der Waals surface area contributed by atoms with Gasteiger partial charge in [-0.1, -0.05) is 30.6 Å². The largest absolute Gasteiger partial charge is 0.405 e. The van der Waals surface area contributed by atoms with Crippen molar-refractivity contribution in [2.75, 3.05) is 19.5 Å². The molecule has 0 bridgehead atoms. The van der Waals surface area contributed by atoms with Crippen LogP contribution in [-0.4, -0.2) is 36.0 Å². The second-order valence-corrected chi connectivity index (χ2v) is 13.9. The lowest BCUT2D eigenvalue weighted by Crippen LogP contribution is -2.51. The Kier molecular flexibility index (Phi) is 7.91. The average molecular weight is 555 g/mol. The first-order chi connectivity index (χ1) is 18.2. The van der Waals surface area contributed by atoms with Gasteiger partial charge in [-0.15, -0.1) is 11.8 Å². The predicted octanol–water partition coefficient (Wildman–Crippen LogP) is 7.27. The van der Waals surface area contributed by atoms with Gasteiger partial charge in [-0.2, -0.15) is 0 Å². The summed E-state index contributed by atoms with van der Waals surface area (Å²) in [6.07, 6.45) is 9.42. The van der Waals surface area contributed by atoms with E-state index in [-0.39, 0.29) is 30.8 Å². The highest BCUT2D eigenvalue weighted by molar-refractivity contribution is 7.98. The molecular formula is C31H39O5PS. The highest BCUT2D eigenvalue weighted by Gasteiger charge is 2.62. The number of hydrogen-bond donors (Lipinski definition) is 1. The van der Waals surface area contributed by atoms with Crippen molar-refractivity contribution in [3.05, 3.63) is 52.6 Å². The van der Waals surface area contributed by atoms with Gasteiger partial charge in [0.2, 0.25) is 0 Å². The maximum absolute atomic E-state index is 13.2. The minimum atomic E-state index is -3.60. The third-order valence-corrected chi connectivity index (χ3v) is 11.7. The molecule has 0 heterocycles. The van der Waals surface area contributed by atoms with E-state index in [1.807, 2.05) is 6.08 Å². The summed E-state index contributed by atoms with van der Waals surface area (Å²) in [5, 5.41) is 12.2. The first-order valence-electron chi connectivity index (χ1n) is 13.9. The second-order valence-electron chi connectivity index (χ2n) is 11.2. The van der Waals surface area contributed by atoms with Crippen LogP contribution in [0.5, 0.6) is 0 Å². The van der Waals surface area contributed by atoms with Gasteiger partial charge in [-0.05, 0) is 105 Å². The molecule has 1 N–H and O–H groups in total. The molecule has 4 aliphatic rings. The van der Waals surface area contributed by atoms with E-state index in [9.17, 15) is 14.5 Å². The second kappa shape index (κ2) is 10.8. The maximum atomic E-state index is 13.2. The smallest absolute Gasteiger partial charge is 0.377 e. The summed E-state index contributed by atoms with van der Waals surface area (Å²) in [6, 6.07) is 8.82. The van der Waals surface area contributed by atoms with Crippen molar-refractivity contribution in [2.24, 2.45) is 17.3 Å². The Morgan fingerprint density at radius 2 is 1.82 bits per heavy atom. The van der Waals surface area contributed by atoms with Crippen LogP contribution in [0.3, 0.4) is 0 Å². The highest BCUT2D eigenvalue weighted by atomic mass is 32.2.